The summed E-state index contributed by atoms with van der Waals surface area (Å²) in [4.78, 5) is 20.0. The molecule has 1 heterocycles. The molecule has 0 aliphatic heterocycles. The lowest BCUT2D eigenvalue weighted by Gasteiger charge is -2.22. The van der Waals surface area contributed by atoms with Crippen LogP contribution in [0.25, 0.3) is 0 Å². The number of rotatable bonds is 4. The first-order valence-corrected chi connectivity index (χ1v) is 13.2. The number of nitrogens with zero attached hydrogens (tertiary/aromatic N) is 2. The molecule has 0 atom stereocenters. The van der Waals surface area contributed by atoms with E-state index in [1.807, 2.05) is 0 Å². The third-order valence-corrected chi connectivity index (χ3v) is 5.04. The SMILES string of the molecule is CC(=O)Nc1nc(O[Si](C)(C)C)ncc1[Si](C)(C)C. The summed E-state index contributed by atoms with van der Waals surface area (Å²) < 4.78 is 5.77. The van der Waals surface area contributed by atoms with Crippen LogP contribution in [-0.4, -0.2) is 32.3 Å². The number of nitrogens with one attached hydrogen (secondary N) is 1. The van der Waals surface area contributed by atoms with E-state index in [0.717, 1.165) is 5.19 Å². The molecule has 0 aliphatic rings. The fourth-order valence-corrected chi connectivity index (χ4v) is 3.43. The minimum Gasteiger partial charge on any atom is -0.518 e. The van der Waals surface area contributed by atoms with Crippen molar-refractivity contribution < 1.29 is 9.22 Å². The molecule has 106 valence electrons. The van der Waals surface area contributed by atoms with Gasteiger partial charge in [0, 0.05) is 13.1 Å². The van der Waals surface area contributed by atoms with Crippen molar-refractivity contribution in [3.05, 3.63) is 6.20 Å². The predicted molar refractivity (Wildman–Crippen MR) is 83.3 cm³/mol. The normalized spacial score (nSPS) is 12.2. The molecule has 0 radical (unpaired) electrons. The second-order valence-electron chi connectivity index (χ2n) is 6.56. The van der Waals surface area contributed by atoms with E-state index in [-0.39, 0.29) is 5.91 Å². The second-order valence-corrected chi connectivity index (χ2v) is 16.0. The summed E-state index contributed by atoms with van der Waals surface area (Å²) in [5.74, 6) is 0.465. The fourth-order valence-electron chi connectivity index (χ4n) is 1.50. The minimum absolute atomic E-state index is 0.128. The quantitative estimate of drug-likeness (QED) is 0.865. The molecule has 0 unspecified atom stereocenters. The van der Waals surface area contributed by atoms with Crippen LogP contribution >= 0.6 is 0 Å². The summed E-state index contributed by atoms with van der Waals surface area (Å²) >= 11 is 0. The molecule has 1 N–H and O–H groups in total. The molecule has 1 amide bonds. The number of hydrogen-bond donors (Lipinski definition) is 1. The van der Waals surface area contributed by atoms with Crippen molar-refractivity contribution >= 4 is 33.3 Å². The number of carbonyl (C=O) groups is 1. The highest BCUT2D eigenvalue weighted by molar-refractivity contribution is 6.89. The van der Waals surface area contributed by atoms with Crippen LogP contribution in [0, 0.1) is 0 Å². The van der Waals surface area contributed by atoms with E-state index < -0.39 is 16.4 Å². The molecular formula is C12H23N3O2Si2. The Morgan fingerprint density at radius 3 is 2.21 bits per heavy atom. The zero-order chi connectivity index (χ0) is 14.8. The Bertz CT molecular complexity index is 479. The van der Waals surface area contributed by atoms with E-state index in [2.05, 4.69) is 54.6 Å². The highest BCUT2D eigenvalue weighted by Gasteiger charge is 2.25. The largest absolute Gasteiger partial charge is 0.518 e. The first kappa shape index (κ1) is 15.8. The predicted octanol–water partition coefficient (Wildman–Crippen LogP) is 2.19. The van der Waals surface area contributed by atoms with Crippen LogP contribution in [0.4, 0.5) is 5.82 Å². The molecule has 0 saturated heterocycles. The Labute approximate surface area is 117 Å². The number of anilines is 1. The summed E-state index contributed by atoms with van der Waals surface area (Å²) in [7, 11) is -3.36. The summed E-state index contributed by atoms with van der Waals surface area (Å²) in [6, 6.07) is 0.352. The lowest BCUT2D eigenvalue weighted by Crippen LogP contribution is -2.41. The molecule has 1 aromatic rings. The van der Waals surface area contributed by atoms with E-state index in [0.29, 0.717) is 11.8 Å². The Hall–Kier alpha value is -1.22. The maximum absolute atomic E-state index is 11.3. The zero-order valence-corrected chi connectivity index (χ0v) is 14.8. The Morgan fingerprint density at radius 2 is 1.79 bits per heavy atom. The fraction of sp³-hybridized carbons (Fsp3) is 0.583. The molecule has 0 saturated carbocycles. The number of hydrogen-bond acceptors (Lipinski definition) is 4. The molecule has 0 bridgehead atoms. The van der Waals surface area contributed by atoms with E-state index in [4.69, 9.17) is 4.43 Å². The molecule has 0 fully saturated rings. The lowest BCUT2D eigenvalue weighted by molar-refractivity contribution is -0.114. The molecule has 0 aromatic carbocycles. The van der Waals surface area contributed by atoms with Crippen LogP contribution in [0.3, 0.4) is 0 Å². The monoisotopic (exact) mass is 297 g/mol. The van der Waals surface area contributed by atoms with Gasteiger partial charge in [0.2, 0.25) is 14.2 Å². The Balaban J connectivity index is 3.19. The van der Waals surface area contributed by atoms with Gasteiger partial charge in [0.05, 0.1) is 8.07 Å². The highest BCUT2D eigenvalue weighted by atomic mass is 28.4. The van der Waals surface area contributed by atoms with Gasteiger partial charge in [-0.1, -0.05) is 19.6 Å². The summed E-state index contributed by atoms with van der Waals surface area (Å²) in [5.41, 5.74) is 0. The van der Waals surface area contributed by atoms with Gasteiger partial charge in [-0.3, -0.25) is 4.79 Å². The van der Waals surface area contributed by atoms with Crippen LogP contribution in [0.5, 0.6) is 6.01 Å². The van der Waals surface area contributed by atoms with Crippen LogP contribution in [0.1, 0.15) is 6.92 Å². The van der Waals surface area contributed by atoms with Crippen LogP contribution < -0.4 is 14.9 Å². The lowest BCUT2D eigenvalue weighted by atomic mass is 10.5. The van der Waals surface area contributed by atoms with Crippen molar-refractivity contribution in [2.24, 2.45) is 0 Å². The van der Waals surface area contributed by atoms with Gasteiger partial charge in [0.25, 0.3) is 0 Å². The molecule has 19 heavy (non-hydrogen) atoms. The first-order valence-electron chi connectivity index (χ1n) is 6.33. The Kier molecular flexibility index (Phi) is 4.52. The van der Waals surface area contributed by atoms with Gasteiger partial charge in [-0.15, -0.1) is 0 Å². The molecule has 1 aromatic heterocycles. The van der Waals surface area contributed by atoms with Crippen LogP contribution in [-0.2, 0) is 4.79 Å². The van der Waals surface area contributed by atoms with Crippen molar-refractivity contribution in [1.29, 1.82) is 0 Å². The van der Waals surface area contributed by atoms with Gasteiger partial charge < -0.3 is 9.74 Å². The highest BCUT2D eigenvalue weighted by Crippen LogP contribution is 2.15. The number of amides is 1. The molecule has 0 spiro atoms. The summed E-state index contributed by atoms with van der Waals surface area (Å²) in [5, 5.41) is 3.82. The summed E-state index contributed by atoms with van der Waals surface area (Å²) in [6.45, 7) is 14.3. The smallest absolute Gasteiger partial charge is 0.304 e. The molecule has 1 rings (SSSR count). The summed E-state index contributed by atoms with van der Waals surface area (Å²) in [6.07, 6.45) is 1.79. The zero-order valence-electron chi connectivity index (χ0n) is 12.8. The van der Waals surface area contributed by atoms with Crippen molar-refractivity contribution in [2.75, 3.05) is 5.32 Å². The minimum atomic E-state index is -1.75. The maximum atomic E-state index is 11.3. The standard InChI is InChI=1S/C12H23N3O2Si2/c1-9(16)14-11-10(18(2,3)4)8-13-12(15-11)17-19(5,6)7/h8H,1-7H3,(H,13,14,15,16). The van der Waals surface area contributed by atoms with E-state index >= 15 is 0 Å². The van der Waals surface area contributed by atoms with Gasteiger partial charge >= 0.3 is 6.01 Å². The Morgan fingerprint density at radius 1 is 1.21 bits per heavy atom. The van der Waals surface area contributed by atoms with Crippen molar-refractivity contribution in [3.63, 3.8) is 0 Å². The average molecular weight is 298 g/mol. The first-order chi connectivity index (χ1) is 8.49. The number of carbonyl (C=O) groups excluding carboxylic acids is 1. The topological polar surface area (TPSA) is 64.1 Å². The van der Waals surface area contributed by atoms with Crippen molar-refractivity contribution in [3.8, 4) is 6.01 Å². The van der Waals surface area contributed by atoms with Gasteiger partial charge in [-0.25, -0.2) is 4.98 Å². The van der Waals surface area contributed by atoms with Gasteiger partial charge in [-0.2, -0.15) is 4.98 Å². The third kappa shape index (κ3) is 5.11. The van der Waals surface area contributed by atoms with E-state index in [9.17, 15) is 4.79 Å². The van der Waals surface area contributed by atoms with Crippen molar-refractivity contribution in [1.82, 2.24) is 9.97 Å². The van der Waals surface area contributed by atoms with Crippen LogP contribution in [0.15, 0.2) is 6.20 Å². The van der Waals surface area contributed by atoms with Gasteiger partial charge in [0.15, 0.2) is 0 Å². The average Bonchev–Trinajstić information content (AvgIpc) is 2.11. The maximum Gasteiger partial charge on any atom is 0.304 e. The van der Waals surface area contributed by atoms with Crippen LogP contribution in [0.2, 0.25) is 39.3 Å². The van der Waals surface area contributed by atoms with E-state index in [1.165, 1.54) is 6.92 Å². The molecule has 7 heteroatoms. The third-order valence-electron chi connectivity index (χ3n) is 2.27. The second kappa shape index (κ2) is 5.42. The molecule has 5 nitrogen and oxygen atoms in total. The van der Waals surface area contributed by atoms with E-state index in [1.54, 1.807) is 6.20 Å². The molecular weight excluding hydrogens is 274 g/mol. The van der Waals surface area contributed by atoms with Gasteiger partial charge in [0.1, 0.15) is 5.82 Å². The number of aromatic nitrogens is 2. The van der Waals surface area contributed by atoms with Gasteiger partial charge in [-0.05, 0) is 24.8 Å². The van der Waals surface area contributed by atoms with Crippen molar-refractivity contribution in [2.45, 2.75) is 46.2 Å². The molecule has 0 aliphatic carbocycles.